The molecule has 8 heteroatoms. The number of non-ortho nitro benzene ring substituents is 1. The zero-order chi connectivity index (χ0) is 16.9. The summed E-state index contributed by atoms with van der Waals surface area (Å²) in [6, 6.07) is 9.07. The zero-order valence-corrected chi connectivity index (χ0v) is 14.6. The molecule has 0 amide bonds. The van der Waals surface area contributed by atoms with Gasteiger partial charge in [0.2, 0.25) is 0 Å². The largest absolute Gasteiger partial charge is 0.366 e. The summed E-state index contributed by atoms with van der Waals surface area (Å²) < 4.78 is 0. The second-order valence-corrected chi connectivity index (χ2v) is 7.20. The Balaban J connectivity index is 1.88. The van der Waals surface area contributed by atoms with E-state index in [0.29, 0.717) is 11.3 Å². The summed E-state index contributed by atoms with van der Waals surface area (Å²) in [4.78, 5) is 20.3. The number of thiophene rings is 1. The summed E-state index contributed by atoms with van der Waals surface area (Å²) in [5.41, 5.74) is 0.604. The molecule has 0 aliphatic rings. The van der Waals surface area contributed by atoms with Crippen LogP contribution in [-0.4, -0.2) is 32.9 Å². The summed E-state index contributed by atoms with van der Waals surface area (Å²) in [5.74, 6) is 1.65. The quantitative estimate of drug-likeness (QED) is 0.507. The number of rotatable bonds is 7. The number of nitro benzene ring substituents is 1. The first kappa shape index (κ1) is 16.7. The van der Waals surface area contributed by atoms with Crippen LogP contribution in [0.5, 0.6) is 0 Å². The molecule has 0 saturated carbocycles. The van der Waals surface area contributed by atoms with Gasteiger partial charge in [-0.2, -0.15) is 11.8 Å². The molecule has 0 aliphatic heterocycles. The van der Waals surface area contributed by atoms with Gasteiger partial charge in [0.05, 0.1) is 10.4 Å². The number of hydrogen-bond acceptors (Lipinski definition) is 7. The predicted octanol–water partition coefficient (Wildman–Crippen LogP) is 3.99. The van der Waals surface area contributed by atoms with Crippen molar-refractivity contribution in [2.45, 2.75) is 12.5 Å². The lowest BCUT2D eigenvalue weighted by Gasteiger charge is -2.18. The Kier molecular flexibility index (Phi) is 5.27. The number of thioether (sulfide) groups is 1. The Morgan fingerprint density at radius 1 is 1.38 bits per heavy atom. The van der Waals surface area contributed by atoms with Crippen molar-refractivity contribution in [1.29, 1.82) is 0 Å². The van der Waals surface area contributed by atoms with Gasteiger partial charge in [0.1, 0.15) is 12.1 Å². The van der Waals surface area contributed by atoms with Crippen LogP contribution in [0.25, 0.3) is 10.9 Å². The molecular formula is C16H16N4O2S2. The number of anilines is 1. The first-order valence-corrected chi connectivity index (χ1v) is 9.61. The van der Waals surface area contributed by atoms with Crippen molar-refractivity contribution in [1.82, 2.24) is 9.97 Å². The van der Waals surface area contributed by atoms with Crippen LogP contribution in [-0.2, 0) is 6.42 Å². The molecule has 124 valence electrons. The lowest BCUT2D eigenvalue weighted by molar-refractivity contribution is -0.384. The maximum absolute atomic E-state index is 10.9. The maximum Gasteiger partial charge on any atom is 0.271 e. The van der Waals surface area contributed by atoms with Gasteiger partial charge in [-0.15, -0.1) is 11.3 Å². The van der Waals surface area contributed by atoms with Crippen LogP contribution < -0.4 is 5.32 Å². The highest BCUT2D eigenvalue weighted by molar-refractivity contribution is 7.98. The number of nitrogens with one attached hydrogen (secondary N) is 1. The van der Waals surface area contributed by atoms with Crippen molar-refractivity contribution in [3.63, 3.8) is 0 Å². The molecule has 0 radical (unpaired) electrons. The smallest absolute Gasteiger partial charge is 0.271 e. The first-order chi connectivity index (χ1) is 11.7. The van der Waals surface area contributed by atoms with Crippen molar-refractivity contribution >= 4 is 45.5 Å². The molecule has 0 aliphatic carbocycles. The lowest BCUT2D eigenvalue weighted by atomic mass is 10.1. The number of nitro groups is 1. The van der Waals surface area contributed by atoms with Crippen molar-refractivity contribution in [3.8, 4) is 0 Å². The minimum atomic E-state index is -0.415. The third kappa shape index (κ3) is 3.82. The number of fused-ring (bicyclic) bond motifs is 1. The molecule has 2 aromatic heterocycles. The minimum absolute atomic E-state index is 0.0337. The summed E-state index contributed by atoms with van der Waals surface area (Å²) in [5, 5.41) is 17.3. The molecule has 0 saturated heterocycles. The molecule has 1 N–H and O–H groups in total. The van der Waals surface area contributed by atoms with E-state index in [0.717, 1.165) is 17.6 Å². The average Bonchev–Trinajstić information content (AvgIpc) is 3.08. The van der Waals surface area contributed by atoms with Gasteiger partial charge >= 0.3 is 0 Å². The van der Waals surface area contributed by atoms with Crippen LogP contribution in [0.1, 0.15) is 4.88 Å². The zero-order valence-electron chi connectivity index (χ0n) is 13.0. The van der Waals surface area contributed by atoms with Gasteiger partial charge in [-0.25, -0.2) is 9.97 Å². The number of benzene rings is 1. The van der Waals surface area contributed by atoms with E-state index in [1.165, 1.54) is 23.3 Å². The van der Waals surface area contributed by atoms with Crippen LogP contribution in [0.15, 0.2) is 42.0 Å². The highest BCUT2D eigenvalue weighted by Crippen LogP contribution is 2.25. The Labute approximate surface area is 147 Å². The molecular weight excluding hydrogens is 344 g/mol. The van der Waals surface area contributed by atoms with E-state index in [1.54, 1.807) is 29.2 Å². The van der Waals surface area contributed by atoms with Crippen LogP contribution in [0.4, 0.5) is 11.5 Å². The Bertz CT molecular complexity index is 839. The molecule has 3 rings (SSSR count). The Morgan fingerprint density at radius 3 is 2.96 bits per heavy atom. The SMILES string of the molecule is CSCC(Cc1cccs1)Nc1ncnc2cc([N+](=O)[O-])ccc12. The van der Waals surface area contributed by atoms with Gasteiger partial charge in [0.15, 0.2) is 0 Å². The summed E-state index contributed by atoms with van der Waals surface area (Å²) in [6.45, 7) is 0. The third-order valence-electron chi connectivity index (χ3n) is 3.57. The van der Waals surface area contributed by atoms with Gasteiger partial charge in [-0.1, -0.05) is 6.07 Å². The van der Waals surface area contributed by atoms with Crippen LogP contribution in [0, 0.1) is 10.1 Å². The molecule has 3 aromatic rings. The van der Waals surface area contributed by atoms with E-state index in [4.69, 9.17) is 0 Å². The predicted molar refractivity (Wildman–Crippen MR) is 100 cm³/mol. The van der Waals surface area contributed by atoms with E-state index >= 15 is 0 Å². The van der Waals surface area contributed by atoms with E-state index in [1.807, 2.05) is 0 Å². The van der Waals surface area contributed by atoms with Gasteiger partial charge in [0.25, 0.3) is 5.69 Å². The third-order valence-corrected chi connectivity index (χ3v) is 5.20. The molecule has 2 heterocycles. The average molecular weight is 360 g/mol. The fourth-order valence-electron chi connectivity index (χ4n) is 2.49. The molecule has 0 fully saturated rings. The molecule has 6 nitrogen and oxygen atoms in total. The number of aromatic nitrogens is 2. The lowest BCUT2D eigenvalue weighted by Crippen LogP contribution is -2.25. The van der Waals surface area contributed by atoms with Crippen molar-refractivity contribution in [3.05, 3.63) is 57.0 Å². The summed E-state index contributed by atoms with van der Waals surface area (Å²) >= 11 is 3.51. The van der Waals surface area contributed by atoms with Gasteiger partial charge < -0.3 is 5.32 Å². The Morgan fingerprint density at radius 2 is 2.25 bits per heavy atom. The first-order valence-electron chi connectivity index (χ1n) is 7.34. The molecule has 1 unspecified atom stereocenters. The van der Waals surface area contributed by atoms with Crippen LogP contribution in [0.3, 0.4) is 0 Å². The maximum atomic E-state index is 10.9. The second kappa shape index (κ2) is 7.59. The van der Waals surface area contributed by atoms with Crippen molar-refractivity contribution in [2.75, 3.05) is 17.3 Å². The van der Waals surface area contributed by atoms with Gasteiger partial charge in [-0.05, 0) is 23.8 Å². The molecule has 1 aromatic carbocycles. The minimum Gasteiger partial charge on any atom is -0.366 e. The van der Waals surface area contributed by atoms with Crippen molar-refractivity contribution in [2.24, 2.45) is 0 Å². The topological polar surface area (TPSA) is 81.0 Å². The Hall–Kier alpha value is -2.19. The van der Waals surface area contributed by atoms with Gasteiger partial charge in [0, 0.05) is 40.6 Å². The summed E-state index contributed by atoms with van der Waals surface area (Å²) in [6.07, 6.45) is 4.43. The number of hydrogen-bond donors (Lipinski definition) is 1. The standard InChI is InChI=1S/C16H16N4O2S2/c1-23-9-11(7-13-3-2-6-24-13)19-16-14-5-4-12(20(21)22)8-15(14)17-10-18-16/h2-6,8,10-11H,7,9H2,1H3,(H,17,18,19). The highest BCUT2D eigenvalue weighted by Gasteiger charge is 2.14. The van der Waals surface area contributed by atoms with Crippen LogP contribution >= 0.6 is 23.1 Å². The fraction of sp³-hybridized carbons (Fsp3) is 0.250. The number of nitrogens with zero attached hydrogens (tertiary/aromatic N) is 3. The van der Waals surface area contributed by atoms with Gasteiger partial charge in [-0.3, -0.25) is 10.1 Å². The van der Waals surface area contributed by atoms with Crippen molar-refractivity contribution < 1.29 is 4.92 Å². The molecule has 1 atom stereocenters. The fourth-order valence-corrected chi connectivity index (χ4v) is 3.88. The molecule has 0 spiro atoms. The van der Waals surface area contributed by atoms with Crippen LogP contribution in [0.2, 0.25) is 0 Å². The summed E-state index contributed by atoms with van der Waals surface area (Å²) in [7, 11) is 0. The van der Waals surface area contributed by atoms with E-state index < -0.39 is 4.92 Å². The second-order valence-electron chi connectivity index (χ2n) is 5.26. The van der Waals surface area contributed by atoms with E-state index in [9.17, 15) is 10.1 Å². The van der Waals surface area contributed by atoms with E-state index in [2.05, 4.69) is 39.1 Å². The highest BCUT2D eigenvalue weighted by atomic mass is 32.2. The normalized spacial score (nSPS) is 12.2. The van der Waals surface area contributed by atoms with E-state index in [-0.39, 0.29) is 11.7 Å². The monoisotopic (exact) mass is 360 g/mol. The molecule has 24 heavy (non-hydrogen) atoms. The molecule has 0 bridgehead atoms.